The summed E-state index contributed by atoms with van der Waals surface area (Å²) in [5.74, 6) is 0. The van der Waals surface area contributed by atoms with E-state index in [-0.39, 0.29) is 31.2 Å². The third kappa shape index (κ3) is 57.8. The second-order valence-electron chi connectivity index (χ2n) is 5.97. The maximum Gasteiger partial charge on any atom is 0.120 e. The second-order valence-corrected chi connectivity index (χ2v) is 5.97. The molecule has 0 heterocycles. The van der Waals surface area contributed by atoms with Gasteiger partial charge in [-0.2, -0.15) is 0 Å². The number of aldehydes is 1. The van der Waals surface area contributed by atoms with E-state index in [4.69, 9.17) is 5.11 Å². The molecule has 118 valence electrons. The van der Waals surface area contributed by atoms with E-state index >= 15 is 0 Å². The number of rotatable bonds is 2. The summed E-state index contributed by atoms with van der Waals surface area (Å²) in [4.78, 5) is 9.82. The molecule has 4 nitrogen and oxygen atoms in total. The van der Waals surface area contributed by atoms with E-state index in [9.17, 15) is 4.79 Å². The van der Waals surface area contributed by atoms with Crippen LogP contribution in [0.1, 0.15) is 69.2 Å². The molecule has 0 aromatic heterocycles. The average Bonchev–Trinajstić information content (AvgIpc) is 1.81. The van der Waals surface area contributed by atoms with Gasteiger partial charge in [0.25, 0.3) is 0 Å². The van der Waals surface area contributed by atoms with Crippen molar-refractivity contribution in [3.63, 3.8) is 0 Å². The number of carbonyl (C=O) groups excluding carboxylic acids is 1. The standard InChI is InChI=1S/C6H14O.C6H12O.2CH4.2H2O/c2*1-6(2,3)4-5-7;;;;/h7H,4-5H2,1-3H3;5H,4H2,1-3H3;2*1H4;2*1H2. The molecule has 0 atom stereocenters. The molecule has 0 saturated heterocycles. The molecular formula is C14H38O4. The van der Waals surface area contributed by atoms with Gasteiger partial charge in [-0.15, -0.1) is 0 Å². The Labute approximate surface area is 114 Å². The average molecular weight is 270 g/mol. The van der Waals surface area contributed by atoms with Crippen molar-refractivity contribution >= 4 is 6.29 Å². The minimum absolute atomic E-state index is 0. The summed E-state index contributed by atoms with van der Waals surface area (Å²) in [5.41, 5.74) is 0.483. The van der Waals surface area contributed by atoms with Gasteiger partial charge in [-0.25, -0.2) is 0 Å². The first-order valence-corrected chi connectivity index (χ1v) is 5.17. The first-order valence-electron chi connectivity index (χ1n) is 5.17. The maximum absolute atomic E-state index is 9.82. The largest absolute Gasteiger partial charge is 0.412 e. The van der Waals surface area contributed by atoms with Crippen molar-refractivity contribution in [1.29, 1.82) is 0 Å². The van der Waals surface area contributed by atoms with E-state index in [2.05, 4.69) is 20.8 Å². The predicted molar refractivity (Wildman–Crippen MR) is 82.0 cm³/mol. The Morgan fingerprint density at radius 1 is 0.889 bits per heavy atom. The highest BCUT2D eigenvalue weighted by atomic mass is 16.3. The van der Waals surface area contributed by atoms with Crippen molar-refractivity contribution in [2.75, 3.05) is 6.61 Å². The van der Waals surface area contributed by atoms with Crippen molar-refractivity contribution in [1.82, 2.24) is 0 Å². The normalized spacial score (nSPS) is 9.06. The third-order valence-corrected chi connectivity index (χ3v) is 1.56. The van der Waals surface area contributed by atoms with Crippen molar-refractivity contribution < 1.29 is 20.9 Å². The van der Waals surface area contributed by atoms with Gasteiger partial charge in [-0.3, -0.25) is 0 Å². The van der Waals surface area contributed by atoms with Crippen LogP contribution in [0.15, 0.2) is 0 Å². The Balaban J connectivity index is -0.0000000327. The monoisotopic (exact) mass is 270 g/mol. The van der Waals surface area contributed by atoms with Gasteiger partial charge in [-0.1, -0.05) is 56.4 Å². The van der Waals surface area contributed by atoms with Crippen LogP contribution in [0.5, 0.6) is 0 Å². The Kier molecular flexibility index (Phi) is 33.1. The predicted octanol–water partition coefficient (Wildman–Crippen LogP) is 2.66. The molecule has 0 radical (unpaired) electrons. The van der Waals surface area contributed by atoms with Crippen molar-refractivity contribution in [3.05, 3.63) is 0 Å². The number of carbonyl (C=O) groups is 1. The van der Waals surface area contributed by atoms with Gasteiger partial charge in [0.05, 0.1) is 0 Å². The van der Waals surface area contributed by atoms with Crippen LogP contribution in [-0.4, -0.2) is 29.0 Å². The molecule has 4 heteroatoms. The molecule has 0 aromatic carbocycles. The van der Waals surface area contributed by atoms with E-state index in [0.717, 1.165) is 12.7 Å². The number of hydrogen-bond acceptors (Lipinski definition) is 2. The van der Waals surface area contributed by atoms with Gasteiger partial charge < -0.3 is 20.9 Å². The molecule has 0 amide bonds. The Bertz CT molecular complexity index is 143. The Morgan fingerprint density at radius 3 is 1.22 bits per heavy atom. The number of aliphatic hydroxyl groups is 1. The quantitative estimate of drug-likeness (QED) is 0.780. The van der Waals surface area contributed by atoms with E-state index in [0.29, 0.717) is 18.4 Å². The smallest absolute Gasteiger partial charge is 0.120 e. The second kappa shape index (κ2) is 16.6. The fourth-order valence-corrected chi connectivity index (χ4v) is 0.585. The van der Waals surface area contributed by atoms with Gasteiger partial charge >= 0.3 is 0 Å². The molecular weight excluding hydrogens is 232 g/mol. The number of aliphatic hydroxyl groups excluding tert-OH is 1. The summed E-state index contributed by atoms with van der Waals surface area (Å²) >= 11 is 0. The van der Waals surface area contributed by atoms with Crippen LogP contribution in [0.2, 0.25) is 0 Å². The van der Waals surface area contributed by atoms with Crippen LogP contribution in [0.25, 0.3) is 0 Å². The summed E-state index contributed by atoms with van der Waals surface area (Å²) < 4.78 is 0. The zero-order valence-electron chi connectivity index (χ0n) is 11.6. The van der Waals surface area contributed by atoms with E-state index in [1.165, 1.54) is 0 Å². The molecule has 18 heavy (non-hydrogen) atoms. The van der Waals surface area contributed by atoms with Crippen LogP contribution >= 0.6 is 0 Å². The highest BCUT2D eigenvalue weighted by Gasteiger charge is 2.07. The van der Waals surface area contributed by atoms with Crippen LogP contribution < -0.4 is 0 Å². The summed E-state index contributed by atoms with van der Waals surface area (Å²) in [6, 6.07) is 0. The SMILES string of the molecule is C.C.CC(C)(C)CC=O.CC(C)(C)CCO.O.O. The highest BCUT2D eigenvalue weighted by Crippen LogP contribution is 2.16. The lowest BCUT2D eigenvalue weighted by atomic mass is 9.93. The lowest BCUT2D eigenvalue weighted by molar-refractivity contribution is -0.109. The molecule has 0 rings (SSSR count). The Hall–Kier alpha value is -0.450. The van der Waals surface area contributed by atoms with E-state index in [1.54, 1.807) is 0 Å². The molecule has 0 bridgehead atoms. The van der Waals surface area contributed by atoms with Gasteiger partial charge in [-0.05, 0) is 17.3 Å². The first kappa shape index (κ1) is 36.0. The van der Waals surface area contributed by atoms with E-state index < -0.39 is 0 Å². The van der Waals surface area contributed by atoms with Gasteiger partial charge in [0.15, 0.2) is 0 Å². The summed E-state index contributed by atoms with van der Waals surface area (Å²) in [6.07, 6.45) is 2.51. The summed E-state index contributed by atoms with van der Waals surface area (Å²) in [6.45, 7) is 12.8. The van der Waals surface area contributed by atoms with Crippen LogP contribution in [-0.2, 0) is 4.79 Å². The minimum Gasteiger partial charge on any atom is -0.412 e. The highest BCUT2D eigenvalue weighted by molar-refractivity contribution is 5.50. The van der Waals surface area contributed by atoms with Gasteiger partial charge in [0.2, 0.25) is 0 Å². The molecule has 0 saturated carbocycles. The molecule has 0 unspecified atom stereocenters. The van der Waals surface area contributed by atoms with Crippen molar-refractivity contribution in [3.8, 4) is 0 Å². The minimum atomic E-state index is 0. The molecule has 0 aliphatic heterocycles. The van der Waals surface area contributed by atoms with Crippen LogP contribution in [0.3, 0.4) is 0 Å². The first-order chi connectivity index (χ1) is 6.12. The van der Waals surface area contributed by atoms with Crippen LogP contribution in [0.4, 0.5) is 0 Å². The molecule has 0 aliphatic carbocycles. The lowest BCUT2D eigenvalue weighted by Crippen LogP contribution is -2.06. The van der Waals surface area contributed by atoms with Gasteiger partial charge in [0.1, 0.15) is 6.29 Å². The fraction of sp³-hybridized carbons (Fsp3) is 0.929. The maximum atomic E-state index is 9.82. The fourth-order valence-electron chi connectivity index (χ4n) is 0.585. The molecule has 0 spiro atoms. The topological polar surface area (TPSA) is 100 Å². The summed E-state index contributed by atoms with van der Waals surface area (Å²) in [7, 11) is 0. The van der Waals surface area contributed by atoms with Crippen LogP contribution in [0, 0.1) is 10.8 Å². The zero-order valence-corrected chi connectivity index (χ0v) is 11.6. The molecule has 0 fully saturated rings. The summed E-state index contributed by atoms with van der Waals surface area (Å²) in [5, 5.41) is 8.40. The lowest BCUT2D eigenvalue weighted by Gasteiger charge is -2.14. The third-order valence-electron chi connectivity index (χ3n) is 1.56. The molecule has 5 N–H and O–H groups in total. The zero-order chi connectivity index (χ0) is 11.8. The van der Waals surface area contributed by atoms with Gasteiger partial charge in [0, 0.05) is 13.0 Å². The Morgan fingerprint density at radius 2 is 1.22 bits per heavy atom. The molecule has 0 aromatic rings. The van der Waals surface area contributed by atoms with E-state index in [1.807, 2.05) is 20.8 Å². The van der Waals surface area contributed by atoms with Crippen molar-refractivity contribution in [2.45, 2.75) is 69.2 Å². The van der Waals surface area contributed by atoms with Crippen molar-refractivity contribution in [2.24, 2.45) is 10.8 Å². The number of hydrogen-bond donors (Lipinski definition) is 1. The molecule has 0 aliphatic rings.